The van der Waals surface area contributed by atoms with Gasteiger partial charge in [0, 0.05) is 17.8 Å². The van der Waals surface area contributed by atoms with Crippen LogP contribution in [0, 0.1) is 5.82 Å². The number of ether oxygens (including phenoxy) is 3. The highest BCUT2D eigenvalue weighted by Gasteiger charge is 2.08. The van der Waals surface area contributed by atoms with E-state index in [1.54, 1.807) is 18.2 Å². The van der Waals surface area contributed by atoms with Gasteiger partial charge in [0.25, 0.3) is 5.91 Å². The third kappa shape index (κ3) is 7.63. The summed E-state index contributed by atoms with van der Waals surface area (Å²) in [4.78, 5) is 35.2. The largest absolute Gasteiger partial charge is 0.497 e. The van der Waals surface area contributed by atoms with E-state index in [1.165, 1.54) is 44.6 Å². The van der Waals surface area contributed by atoms with Crippen molar-refractivity contribution in [3.8, 4) is 11.5 Å². The summed E-state index contributed by atoms with van der Waals surface area (Å²) in [7, 11) is 3.02. The lowest BCUT2D eigenvalue weighted by Gasteiger charge is -2.07. The minimum Gasteiger partial charge on any atom is -0.497 e. The fraction of sp³-hybridized carbons (Fsp3) is 0.190. The van der Waals surface area contributed by atoms with Crippen LogP contribution in [-0.4, -0.2) is 45.2 Å². The van der Waals surface area contributed by atoms with Crippen LogP contribution in [0.4, 0.5) is 10.1 Å². The Morgan fingerprint density at radius 2 is 1.60 bits per heavy atom. The SMILES string of the molecule is COc1cc(/C=C/C(=O)OCC(=O)NCC(=O)Nc2ccc(F)cc2)cc(OC)c1. The molecule has 0 aliphatic heterocycles. The van der Waals surface area contributed by atoms with Crippen molar-refractivity contribution in [1.82, 2.24) is 5.32 Å². The molecule has 0 aromatic heterocycles. The van der Waals surface area contributed by atoms with E-state index in [-0.39, 0.29) is 6.54 Å². The second-order valence-corrected chi connectivity index (χ2v) is 5.92. The molecule has 2 aromatic rings. The Hall–Kier alpha value is -3.88. The Bertz CT molecular complexity index is 905. The third-order valence-electron chi connectivity index (χ3n) is 3.71. The van der Waals surface area contributed by atoms with E-state index in [2.05, 4.69) is 10.6 Å². The molecular formula is C21H21FN2O6. The average molecular weight is 416 g/mol. The van der Waals surface area contributed by atoms with Gasteiger partial charge in [0.05, 0.1) is 20.8 Å². The summed E-state index contributed by atoms with van der Waals surface area (Å²) in [6.45, 7) is -0.873. The lowest BCUT2D eigenvalue weighted by Crippen LogP contribution is -2.35. The summed E-state index contributed by atoms with van der Waals surface area (Å²) in [6.07, 6.45) is 2.64. The average Bonchev–Trinajstić information content (AvgIpc) is 2.76. The molecule has 2 aromatic carbocycles. The molecule has 0 radical (unpaired) electrons. The molecule has 0 bridgehead atoms. The summed E-state index contributed by atoms with van der Waals surface area (Å²) < 4.78 is 27.9. The molecule has 0 aliphatic rings. The lowest BCUT2D eigenvalue weighted by molar-refractivity contribution is -0.143. The molecule has 0 saturated carbocycles. The monoisotopic (exact) mass is 416 g/mol. The highest BCUT2D eigenvalue weighted by molar-refractivity contribution is 5.95. The number of nitrogens with one attached hydrogen (secondary N) is 2. The van der Waals surface area contributed by atoms with Crippen LogP contribution in [0.2, 0.25) is 0 Å². The van der Waals surface area contributed by atoms with Crippen molar-refractivity contribution in [1.29, 1.82) is 0 Å². The van der Waals surface area contributed by atoms with Gasteiger partial charge in [-0.05, 0) is 48.0 Å². The highest BCUT2D eigenvalue weighted by atomic mass is 19.1. The van der Waals surface area contributed by atoms with Crippen LogP contribution in [0.15, 0.2) is 48.5 Å². The van der Waals surface area contributed by atoms with Crippen LogP contribution in [0.25, 0.3) is 6.08 Å². The van der Waals surface area contributed by atoms with E-state index >= 15 is 0 Å². The van der Waals surface area contributed by atoms with E-state index in [9.17, 15) is 18.8 Å². The van der Waals surface area contributed by atoms with Crippen molar-refractivity contribution in [2.45, 2.75) is 0 Å². The molecule has 9 heteroatoms. The molecule has 0 fully saturated rings. The first-order valence-electron chi connectivity index (χ1n) is 8.79. The highest BCUT2D eigenvalue weighted by Crippen LogP contribution is 2.23. The Kier molecular flexibility index (Phi) is 8.37. The fourth-order valence-electron chi connectivity index (χ4n) is 2.24. The van der Waals surface area contributed by atoms with Crippen molar-refractivity contribution in [3.63, 3.8) is 0 Å². The molecule has 8 nitrogen and oxygen atoms in total. The number of benzene rings is 2. The van der Waals surface area contributed by atoms with Gasteiger partial charge in [-0.2, -0.15) is 0 Å². The molecule has 0 aliphatic carbocycles. The summed E-state index contributed by atoms with van der Waals surface area (Å²) >= 11 is 0. The van der Waals surface area contributed by atoms with Gasteiger partial charge in [-0.3, -0.25) is 9.59 Å². The number of hydrogen-bond donors (Lipinski definition) is 2. The predicted molar refractivity (Wildman–Crippen MR) is 108 cm³/mol. The quantitative estimate of drug-likeness (QED) is 0.480. The second-order valence-electron chi connectivity index (χ2n) is 5.92. The first kappa shape index (κ1) is 22.4. The van der Waals surface area contributed by atoms with E-state index in [0.717, 1.165) is 6.08 Å². The maximum absolute atomic E-state index is 12.8. The molecule has 0 heterocycles. The zero-order chi connectivity index (χ0) is 21.9. The maximum Gasteiger partial charge on any atom is 0.331 e. The van der Waals surface area contributed by atoms with Crippen molar-refractivity contribution in [2.75, 3.05) is 32.7 Å². The van der Waals surface area contributed by atoms with Crippen molar-refractivity contribution in [3.05, 3.63) is 59.9 Å². The van der Waals surface area contributed by atoms with Crippen LogP contribution in [-0.2, 0) is 19.1 Å². The molecular weight excluding hydrogens is 395 g/mol. The molecule has 0 saturated heterocycles. The van der Waals surface area contributed by atoms with Gasteiger partial charge in [0.15, 0.2) is 6.61 Å². The van der Waals surface area contributed by atoms with Gasteiger partial charge in [-0.1, -0.05) is 0 Å². The number of amides is 2. The topological polar surface area (TPSA) is 103 Å². The van der Waals surface area contributed by atoms with Gasteiger partial charge in [0.1, 0.15) is 17.3 Å². The number of carbonyl (C=O) groups is 3. The van der Waals surface area contributed by atoms with Gasteiger partial charge in [0.2, 0.25) is 5.91 Å². The van der Waals surface area contributed by atoms with E-state index in [1.807, 2.05) is 0 Å². The first-order valence-corrected chi connectivity index (χ1v) is 8.79. The number of halogens is 1. The number of carbonyl (C=O) groups excluding carboxylic acids is 3. The van der Waals surface area contributed by atoms with Crippen LogP contribution >= 0.6 is 0 Å². The zero-order valence-corrected chi connectivity index (χ0v) is 16.4. The van der Waals surface area contributed by atoms with Crippen LogP contribution in [0.5, 0.6) is 11.5 Å². The van der Waals surface area contributed by atoms with E-state index < -0.39 is 30.2 Å². The minimum absolute atomic E-state index is 0.326. The van der Waals surface area contributed by atoms with Crippen molar-refractivity contribution >= 4 is 29.5 Å². The second kappa shape index (κ2) is 11.2. The Labute approximate surface area is 172 Å². The molecule has 2 rings (SSSR count). The van der Waals surface area contributed by atoms with Crippen molar-refractivity contribution in [2.24, 2.45) is 0 Å². The molecule has 0 unspecified atom stereocenters. The van der Waals surface area contributed by atoms with Gasteiger partial charge in [-0.25, -0.2) is 9.18 Å². The summed E-state index contributed by atoms with van der Waals surface area (Å²) in [5, 5.41) is 4.80. The Balaban J connectivity index is 1.75. The summed E-state index contributed by atoms with van der Waals surface area (Å²) in [5.41, 5.74) is 1.03. The summed E-state index contributed by atoms with van der Waals surface area (Å²) in [6, 6.07) is 10.2. The van der Waals surface area contributed by atoms with Crippen molar-refractivity contribution < 1.29 is 33.0 Å². The minimum atomic E-state index is -0.734. The normalized spacial score (nSPS) is 10.4. The summed E-state index contributed by atoms with van der Waals surface area (Å²) in [5.74, 6) is -1.20. The molecule has 0 atom stereocenters. The third-order valence-corrected chi connectivity index (χ3v) is 3.71. The molecule has 2 N–H and O–H groups in total. The fourth-order valence-corrected chi connectivity index (χ4v) is 2.24. The standard InChI is InChI=1S/C21H21FN2O6/c1-28-17-9-14(10-18(11-17)29-2)3-8-21(27)30-13-20(26)23-12-19(25)24-16-6-4-15(22)5-7-16/h3-11H,12-13H2,1-2H3,(H,23,26)(H,24,25)/b8-3+. The predicted octanol–water partition coefficient (Wildman–Crippen LogP) is 2.15. The number of hydrogen-bond acceptors (Lipinski definition) is 6. The number of esters is 1. The maximum atomic E-state index is 12.8. The number of methoxy groups -OCH3 is 2. The molecule has 2 amide bonds. The molecule has 30 heavy (non-hydrogen) atoms. The lowest BCUT2D eigenvalue weighted by atomic mass is 10.2. The Morgan fingerprint density at radius 3 is 2.20 bits per heavy atom. The zero-order valence-electron chi connectivity index (χ0n) is 16.4. The van der Waals surface area contributed by atoms with Gasteiger partial charge < -0.3 is 24.8 Å². The number of rotatable bonds is 9. The molecule has 0 spiro atoms. The van der Waals surface area contributed by atoms with Gasteiger partial charge in [-0.15, -0.1) is 0 Å². The Morgan fingerprint density at radius 1 is 0.967 bits per heavy atom. The molecule has 158 valence electrons. The van der Waals surface area contributed by atoms with E-state index in [0.29, 0.717) is 22.7 Å². The van der Waals surface area contributed by atoms with Crippen LogP contribution in [0.1, 0.15) is 5.56 Å². The van der Waals surface area contributed by atoms with Gasteiger partial charge >= 0.3 is 5.97 Å². The number of anilines is 1. The van der Waals surface area contributed by atoms with Crippen LogP contribution in [0.3, 0.4) is 0 Å². The van der Waals surface area contributed by atoms with E-state index in [4.69, 9.17) is 14.2 Å². The first-order chi connectivity index (χ1) is 14.4. The van der Waals surface area contributed by atoms with Crippen LogP contribution < -0.4 is 20.1 Å². The smallest absolute Gasteiger partial charge is 0.331 e.